The van der Waals surface area contributed by atoms with Gasteiger partial charge >= 0.3 is 0 Å². The average molecular weight is 273 g/mol. The number of para-hydroxylation sites is 2. The largest absolute Gasteiger partial charge is 0.493 e. The summed E-state index contributed by atoms with van der Waals surface area (Å²) in [5.41, 5.74) is 1.75. The molecule has 0 atom stereocenters. The molecule has 0 unspecified atom stereocenters. The smallest absolute Gasteiger partial charge is 0.170 e. The van der Waals surface area contributed by atoms with E-state index >= 15 is 0 Å². The van der Waals surface area contributed by atoms with Crippen LogP contribution in [0.3, 0.4) is 0 Å². The zero-order valence-electron chi connectivity index (χ0n) is 10.8. The van der Waals surface area contributed by atoms with E-state index in [4.69, 9.17) is 21.7 Å². The van der Waals surface area contributed by atoms with Crippen molar-refractivity contribution in [3.8, 4) is 11.5 Å². The summed E-state index contributed by atoms with van der Waals surface area (Å²) >= 11 is 5.42. The minimum Gasteiger partial charge on any atom is -0.493 e. The number of anilines is 1. The topological polar surface area (TPSA) is 30.5 Å². The summed E-state index contributed by atoms with van der Waals surface area (Å²) in [6, 6.07) is 15.4. The van der Waals surface area contributed by atoms with E-state index in [0.29, 0.717) is 16.5 Å². The van der Waals surface area contributed by atoms with Crippen LogP contribution in [-0.4, -0.2) is 19.2 Å². The highest BCUT2D eigenvalue weighted by molar-refractivity contribution is 7.81. The fraction of sp³-hybridized carbons (Fsp3) is 0.133. The highest BCUT2D eigenvalue weighted by atomic mass is 32.1. The molecule has 2 rings (SSSR count). The molecule has 19 heavy (non-hydrogen) atoms. The van der Waals surface area contributed by atoms with Gasteiger partial charge in [0.15, 0.2) is 11.5 Å². The second-order valence-corrected chi connectivity index (χ2v) is 4.27. The molecule has 3 nitrogen and oxygen atoms in total. The molecule has 0 heterocycles. The molecule has 1 N–H and O–H groups in total. The molecule has 0 amide bonds. The van der Waals surface area contributed by atoms with Crippen molar-refractivity contribution < 1.29 is 9.47 Å². The zero-order valence-corrected chi connectivity index (χ0v) is 11.7. The summed E-state index contributed by atoms with van der Waals surface area (Å²) in [6.07, 6.45) is 0. The zero-order chi connectivity index (χ0) is 13.7. The number of rotatable bonds is 4. The molecule has 0 saturated carbocycles. The lowest BCUT2D eigenvalue weighted by Crippen LogP contribution is -2.12. The van der Waals surface area contributed by atoms with Gasteiger partial charge in [0.25, 0.3) is 0 Å². The third kappa shape index (κ3) is 3.03. The normalized spacial score (nSPS) is 9.79. The van der Waals surface area contributed by atoms with Crippen LogP contribution in [0.5, 0.6) is 11.5 Å². The lowest BCUT2D eigenvalue weighted by Gasteiger charge is -2.14. The molecule has 0 aliphatic heterocycles. The second kappa shape index (κ2) is 6.20. The third-order valence-corrected chi connectivity index (χ3v) is 3.00. The van der Waals surface area contributed by atoms with Crippen LogP contribution >= 0.6 is 12.2 Å². The van der Waals surface area contributed by atoms with Crippen molar-refractivity contribution in [3.63, 3.8) is 0 Å². The van der Waals surface area contributed by atoms with Crippen LogP contribution in [0.4, 0.5) is 5.69 Å². The predicted octanol–water partition coefficient (Wildman–Crippen LogP) is 3.49. The van der Waals surface area contributed by atoms with Crippen molar-refractivity contribution in [2.45, 2.75) is 0 Å². The van der Waals surface area contributed by atoms with Gasteiger partial charge < -0.3 is 14.8 Å². The van der Waals surface area contributed by atoms with E-state index in [1.165, 1.54) is 0 Å². The van der Waals surface area contributed by atoms with Gasteiger partial charge in [-0.15, -0.1) is 0 Å². The van der Waals surface area contributed by atoms with Crippen LogP contribution < -0.4 is 14.8 Å². The van der Waals surface area contributed by atoms with E-state index in [1.807, 2.05) is 48.5 Å². The van der Waals surface area contributed by atoms with Crippen LogP contribution in [-0.2, 0) is 0 Å². The van der Waals surface area contributed by atoms with Gasteiger partial charge in [-0.25, -0.2) is 0 Å². The summed E-state index contributed by atoms with van der Waals surface area (Å²) < 4.78 is 10.6. The maximum absolute atomic E-state index is 5.42. The van der Waals surface area contributed by atoms with Crippen molar-refractivity contribution in [1.29, 1.82) is 0 Å². The highest BCUT2D eigenvalue weighted by Crippen LogP contribution is 2.31. The van der Waals surface area contributed by atoms with E-state index in [9.17, 15) is 0 Å². The van der Waals surface area contributed by atoms with Gasteiger partial charge in [0.05, 0.1) is 19.8 Å². The van der Waals surface area contributed by atoms with Crippen LogP contribution in [0, 0.1) is 0 Å². The van der Waals surface area contributed by atoms with E-state index in [-0.39, 0.29) is 0 Å². The van der Waals surface area contributed by atoms with Crippen molar-refractivity contribution >= 4 is 22.9 Å². The molecule has 0 spiro atoms. The Morgan fingerprint density at radius 3 is 2.32 bits per heavy atom. The SMILES string of the molecule is COc1cccc(C(=S)Nc2ccccc2)c1OC. The average Bonchev–Trinajstić information content (AvgIpc) is 2.47. The monoisotopic (exact) mass is 273 g/mol. The van der Waals surface area contributed by atoms with Crippen LogP contribution in [0.2, 0.25) is 0 Å². The van der Waals surface area contributed by atoms with E-state index in [2.05, 4.69) is 5.32 Å². The Morgan fingerprint density at radius 2 is 1.68 bits per heavy atom. The van der Waals surface area contributed by atoms with E-state index in [1.54, 1.807) is 14.2 Å². The van der Waals surface area contributed by atoms with Crippen molar-refractivity contribution in [1.82, 2.24) is 0 Å². The maximum Gasteiger partial charge on any atom is 0.170 e. The third-order valence-electron chi connectivity index (χ3n) is 2.68. The number of hydrogen-bond acceptors (Lipinski definition) is 3. The molecule has 0 bridgehead atoms. The molecule has 2 aromatic rings. The van der Waals surface area contributed by atoms with Gasteiger partial charge in [0, 0.05) is 5.69 Å². The Labute approximate surface area is 118 Å². The van der Waals surface area contributed by atoms with Gasteiger partial charge in [-0.05, 0) is 24.3 Å². The summed E-state index contributed by atoms with van der Waals surface area (Å²) in [4.78, 5) is 0.599. The lowest BCUT2D eigenvalue weighted by molar-refractivity contribution is 0.354. The van der Waals surface area contributed by atoms with Crippen LogP contribution in [0.25, 0.3) is 0 Å². The summed E-state index contributed by atoms with van der Waals surface area (Å²) in [5, 5.41) is 3.18. The number of benzene rings is 2. The Balaban J connectivity index is 2.29. The highest BCUT2D eigenvalue weighted by Gasteiger charge is 2.13. The van der Waals surface area contributed by atoms with Gasteiger partial charge in [0.1, 0.15) is 4.99 Å². The Morgan fingerprint density at radius 1 is 0.947 bits per heavy atom. The van der Waals surface area contributed by atoms with Crippen LogP contribution in [0.1, 0.15) is 5.56 Å². The van der Waals surface area contributed by atoms with E-state index in [0.717, 1.165) is 11.3 Å². The molecule has 0 radical (unpaired) electrons. The summed E-state index contributed by atoms with van der Waals surface area (Å²) in [6.45, 7) is 0. The van der Waals surface area contributed by atoms with Gasteiger partial charge in [-0.1, -0.05) is 36.5 Å². The Hall–Kier alpha value is -2.07. The Bertz CT molecular complexity index is 570. The minimum absolute atomic E-state index is 0.599. The lowest BCUT2D eigenvalue weighted by atomic mass is 10.1. The second-order valence-electron chi connectivity index (χ2n) is 3.86. The number of hydrogen-bond donors (Lipinski definition) is 1. The maximum atomic E-state index is 5.42. The first kappa shape index (κ1) is 13.4. The van der Waals surface area contributed by atoms with Crippen molar-refractivity contribution in [2.75, 3.05) is 19.5 Å². The molecular weight excluding hydrogens is 258 g/mol. The fourth-order valence-corrected chi connectivity index (χ4v) is 2.06. The van der Waals surface area contributed by atoms with Crippen molar-refractivity contribution in [3.05, 3.63) is 54.1 Å². The number of methoxy groups -OCH3 is 2. The molecule has 98 valence electrons. The molecule has 0 aromatic heterocycles. The molecule has 0 aliphatic rings. The van der Waals surface area contributed by atoms with Gasteiger partial charge in [-0.2, -0.15) is 0 Å². The number of ether oxygens (including phenoxy) is 2. The fourth-order valence-electron chi connectivity index (χ4n) is 1.79. The van der Waals surface area contributed by atoms with Crippen LogP contribution in [0.15, 0.2) is 48.5 Å². The predicted molar refractivity (Wildman–Crippen MR) is 81.3 cm³/mol. The quantitative estimate of drug-likeness (QED) is 0.864. The summed E-state index contributed by atoms with van der Waals surface area (Å²) in [7, 11) is 3.21. The first-order valence-electron chi connectivity index (χ1n) is 5.83. The number of nitrogens with one attached hydrogen (secondary N) is 1. The van der Waals surface area contributed by atoms with Gasteiger partial charge in [-0.3, -0.25) is 0 Å². The van der Waals surface area contributed by atoms with E-state index < -0.39 is 0 Å². The first-order chi connectivity index (χ1) is 9.26. The molecular formula is C15H15NO2S. The first-order valence-corrected chi connectivity index (χ1v) is 6.24. The van der Waals surface area contributed by atoms with Gasteiger partial charge in [0.2, 0.25) is 0 Å². The molecule has 0 fully saturated rings. The minimum atomic E-state index is 0.599. The van der Waals surface area contributed by atoms with Crippen molar-refractivity contribution in [2.24, 2.45) is 0 Å². The molecule has 0 saturated heterocycles. The Kier molecular flexibility index (Phi) is 4.36. The molecule has 0 aliphatic carbocycles. The molecule has 2 aromatic carbocycles. The number of thiocarbonyl (C=S) groups is 1. The molecule has 4 heteroatoms. The summed E-state index contributed by atoms with van der Waals surface area (Å²) in [5.74, 6) is 1.30. The standard InChI is InChI=1S/C15H15NO2S/c1-17-13-10-6-9-12(14(13)18-2)15(19)16-11-7-4-3-5-8-11/h3-10H,1-2H3,(H,16,19).